The van der Waals surface area contributed by atoms with Gasteiger partial charge >= 0.3 is 0 Å². The molecule has 2 aromatic carbocycles. The van der Waals surface area contributed by atoms with Crippen molar-refractivity contribution in [1.29, 1.82) is 0 Å². The minimum Gasteiger partial charge on any atom is -0.497 e. The van der Waals surface area contributed by atoms with E-state index >= 15 is 0 Å². The molecule has 0 radical (unpaired) electrons. The first-order valence-electron chi connectivity index (χ1n) is 9.79. The molecule has 31 heavy (non-hydrogen) atoms. The zero-order valence-corrected chi connectivity index (χ0v) is 18.9. The first-order chi connectivity index (χ1) is 15.1. The van der Waals surface area contributed by atoms with Crippen molar-refractivity contribution in [3.05, 3.63) is 81.7 Å². The van der Waals surface area contributed by atoms with Gasteiger partial charge in [-0.3, -0.25) is 4.79 Å². The molecule has 0 unspecified atom stereocenters. The van der Waals surface area contributed by atoms with E-state index in [1.807, 2.05) is 53.4 Å². The average molecular weight is 526 g/mol. The molecule has 1 amide bonds. The minimum absolute atomic E-state index is 0.0596. The predicted octanol–water partition coefficient (Wildman–Crippen LogP) is 3.33. The summed E-state index contributed by atoms with van der Waals surface area (Å²) in [6, 6.07) is 15.5. The Labute approximate surface area is 192 Å². The molecule has 1 aliphatic heterocycles. The molecule has 3 heterocycles. The Morgan fingerprint density at radius 2 is 1.81 bits per heavy atom. The average Bonchev–Trinajstić information content (AvgIpc) is 3.44. The van der Waals surface area contributed by atoms with E-state index in [0.717, 1.165) is 32.0 Å². The summed E-state index contributed by atoms with van der Waals surface area (Å²) in [7, 11) is 1.63. The van der Waals surface area contributed by atoms with E-state index < -0.39 is 0 Å². The molecule has 0 atom stereocenters. The van der Waals surface area contributed by atoms with Gasteiger partial charge in [-0.1, -0.05) is 0 Å². The van der Waals surface area contributed by atoms with Crippen LogP contribution >= 0.6 is 22.6 Å². The second-order valence-corrected chi connectivity index (χ2v) is 8.41. The normalized spacial score (nSPS) is 13.4. The van der Waals surface area contributed by atoms with Crippen LogP contribution in [0.3, 0.4) is 0 Å². The van der Waals surface area contributed by atoms with E-state index in [1.165, 1.54) is 6.33 Å². The molecule has 1 aliphatic rings. The summed E-state index contributed by atoms with van der Waals surface area (Å²) < 4.78 is 9.86. The third-order valence-corrected chi connectivity index (χ3v) is 6.05. The van der Waals surface area contributed by atoms with Crippen molar-refractivity contribution in [2.24, 2.45) is 0 Å². The lowest BCUT2D eigenvalue weighted by atomic mass is 10.0. The highest BCUT2D eigenvalue weighted by molar-refractivity contribution is 14.1. The summed E-state index contributed by atoms with van der Waals surface area (Å²) in [5.41, 5.74) is 4.06. The van der Waals surface area contributed by atoms with Gasteiger partial charge in [0.15, 0.2) is 0 Å². The van der Waals surface area contributed by atoms with E-state index in [1.54, 1.807) is 22.8 Å². The van der Waals surface area contributed by atoms with Gasteiger partial charge in [0.25, 0.3) is 5.91 Å². The lowest BCUT2D eigenvalue weighted by Gasteiger charge is -2.28. The van der Waals surface area contributed by atoms with Crippen LogP contribution in [-0.2, 0) is 13.0 Å². The Hall–Kier alpha value is -3.21. The number of benzene rings is 2. The van der Waals surface area contributed by atoms with Gasteiger partial charge in [-0.15, -0.1) is 0 Å². The van der Waals surface area contributed by atoms with Crippen LogP contribution in [0.15, 0.2) is 61.2 Å². The van der Waals surface area contributed by atoms with E-state index in [-0.39, 0.29) is 5.91 Å². The molecule has 4 aromatic rings. The molecule has 5 rings (SSSR count). The first-order valence-corrected chi connectivity index (χ1v) is 10.9. The number of amides is 1. The number of hydrogen-bond acceptors (Lipinski definition) is 5. The second kappa shape index (κ2) is 8.14. The van der Waals surface area contributed by atoms with Gasteiger partial charge in [0.1, 0.15) is 24.1 Å². The fraction of sp³-hybridized carbons (Fsp3) is 0.182. The van der Waals surface area contributed by atoms with Gasteiger partial charge in [0, 0.05) is 21.4 Å². The highest BCUT2D eigenvalue weighted by Gasteiger charge is 2.33. The maximum absolute atomic E-state index is 13.6. The van der Waals surface area contributed by atoms with Crippen LogP contribution in [0.25, 0.3) is 5.69 Å². The Balaban J connectivity index is 1.60. The number of aromatic nitrogens is 5. The quantitative estimate of drug-likeness (QED) is 0.373. The van der Waals surface area contributed by atoms with Crippen LogP contribution in [0.2, 0.25) is 0 Å². The van der Waals surface area contributed by atoms with Gasteiger partial charge in [-0.05, 0) is 77.5 Å². The van der Waals surface area contributed by atoms with Gasteiger partial charge in [0.2, 0.25) is 0 Å². The number of fused-ring (bicyclic) bond motifs is 1. The number of nitrogens with zero attached hydrogens (tertiary/aromatic N) is 6. The molecule has 0 N–H and O–H groups in total. The Morgan fingerprint density at radius 1 is 1.06 bits per heavy atom. The minimum atomic E-state index is -0.0596. The summed E-state index contributed by atoms with van der Waals surface area (Å²) in [4.78, 5) is 19.5. The van der Waals surface area contributed by atoms with Crippen LogP contribution in [-0.4, -0.2) is 44.1 Å². The molecule has 0 saturated carbocycles. The molecular formula is C22H19IN6O2. The maximum Gasteiger partial charge on any atom is 0.277 e. The number of carbonyl (C=O) groups is 1. The number of hydrogen-bond donors (Lipinski definition) is 0. The molecule has 0 fully saturated rings. The summed E-state index contributed by atoms with van der Waals surface area (Å²) >= 11 is 2.26. The van der Waals surface area contributed by atoms with Gasteiger partial charge in [-0.25, -0.2) is 14.3 Å². The third kappa shape index (κ3) is 3.69. The second-order valence-electron chi connectivity index (χ2n) is 7.16. The fourth-order valence-electron chi connectivity index (χ4n) is 3.80. The van der Waals surface area contributed by atoms with E-state index in [4.69, 9.17) is 9.84 Å². The first kappa shape index (κ1) is 19.7. The summed E-state index contributed by atoms with van der Waals surface area (Å²) in [5.74, 6) is 0.690. The molecule has 0 bridgehead atoms. The SMILES string of the molecule is COc1ccc(-n2nc(Cn3cncn3)c3c2C(=O)N(c2ccc(I)cc2)CC3)cc1. The standard InChI is InChI=1S/C22H19IN6O2/c1-31-18-8-6-17(7-9-18)29-21-19(20(26-29)12-27-14-24-13-25-27)10-11-28(22(21)30)16-4-2-15(23)3-5-16/h2-9,13-14H,10-12H2,1H3. The molecule has 156 valence electrons. The van der Waals surface area contributed by atoms with E-state index in [2.05, 4.69) is 32.7 Å². The van der Waals surface area contributed by atoms with Crippen LogP contribution in [0.4, 0.5) is 5.69 Å². The predicted molar refractivity (Wildman–Crippen MR) is 124 cm³/mol. The number of anilines is 1. The van der Waals surface area contributed by atoms with Gasteiger partial charge < -0.3 is 9.64 Å². The van der Waals surface area contributed by atoms with Crippen LogP contribution < -0.4 is 9.64 Å². The van der Waals surface area contributed by atoms with Crippen LogP contribution in [0.5, 0.6) is 5.75 Å². The Bertz CT molecular complexity index is 1220. The van der Waals surface area contributed by atoms with Crippen molar-refractivity contribution < 1.29 is 9.53 Å². The fourth-order valence-corrected chi connectivity index (χ4v) is 4.16. The number of methoxy groups -OCH3 is 1. The molecule has 8 nitrogen and oxygen atoms in total. The van der Waals surface area contributed by atoms with Gasteiger partial charge in [0.05, 0.1) is 25.0 Å². The Kier molecular flexibility index (Phi) is 5.18. The van der Waals surface area contributed by atoms with Crippen molar-refractivity contribution in [2.75, 3.05) is 18.6 Å². The third-order valence-electron chi connectivity index (χ3n) is 5.33. The van der Waals surface area contributed by atoms with Crippen molar-refractivity contribution in [2.45, 2.75) is 13.0 Å². The number of rotatable bonds is 5. The van der Waals surface area contributed by atoms with Crippen molar-refractivity contribution in [1.82, 2.24) is 24.5 Å². The smallest absolute Gasteiger partial charge is 0.277 e. The highest BCUT2D eigenvalue weighted by Crippen LogP contribution is 2.30. The molecule has 9 heteroatoms. The Morgan fingerprint density at radius 3 is 2.48 bits per heavy atom. The van der Waals surface area contributed by atoms with Crippen molar-refractivity contribution >= 4 is 34.2 Å². The topological polar surface area (TPSA) is 78.1 Å². The lowest BCUT2D eigenvalue weighted by Crippen LogP contribution is -2.38. The molecule has 0 spiro atoms. The molecule has 2 aromatic heterocycles. The molecule has 0 aliphatic carbocycles. The number of ether oxygens (including phenoxy) is 1. The van der Waals surface area contributed by atoms with E-state index in [0.29, 0.717) is 25.2 Å². The summed E-state index contributed by atoms with van der Waals surface area (Å²) in [6.45, 7) is 1.06. The van der Waals surface area contributed by atoms with E-state index in [9.17, 15) is 4.79 Å². The zero-order valence-electron chi connectivity index (χ0n) is 16.8. The van der Waals surface area contributed by atoms with Crippen molar-refractivity contribution in [3.8, 4) is 11.4 Å². The number of halogens is 1. The highest BCUT2D eigenvalue weighted by atomic mass is 127. The van der Waals surface area contributed by atoms with Crippen molar-refractivity contribution in [3.63, 3.8) is 0 Å². The summed E-state index contributed by atoms with van der Waals surface area (Å²) in [6.07, 6.45) is 3.87. The summed E-state index contributed by atoms with van der Waals surface area (Å²) in [5, 5.41) is 9.02. The molecule has 0 saturated heterocycles. The van der Waals surface area contributed by atoms with Crippen LogP contribution in [0, 0.1) is 3.57 Å². The molecular weight excluding hydrogens is 507 g/mol. The van der Waals surface area contributed by atoms with Crippen LogP contribution in [0.1, 0.15) is 21.7 Å². The zero-order chi connectivity index (χ0) is 21.4. The number of carbonyl (C=O) groups excluding carboxylic acids is 1. The maximum atomic E-state index is 13.6. The lowest BCUT2D eigenvalue weighted by molar-refractivity contribution is 0.0973. The largest absolute Gasteiger partial charge is 0.497 e. The monoisotopic (exact) mass is 526 g/mol. The van der Waals surface area contributed by atoms with Gasteiger partial charge in [-0.2, -0.15) is 10.2 Å².